The first kappa shape index (κ1) is 20.0. The van der Waals surface area contributed by atoms with Crippen molar-refractivity contribution in [2.75, 3.05) is 21.3 Å². The fourth-order valence-corrected chi connectivity index (χ4v) is 3.22. The van der Waals surface area contributed by atoms with Gasteiger partial charge >= 0.3 is 0 Å². The molecule has 0 radical (unpaired) electrons. The highest BCUT2D eigenvalue weighted by molar-refractivity contribution is 5.73. The Labute approximate surface area is 166 Å². The maximum Gasteiger partial charge on any atom is 0.205 e. The number of benzene rings is 1. The fraction of sp³-hybridized carbons (Fsp3) is 0.409. The summed E-state index contributed by atoms with van der Waals surface area (Å²) in [5.74, 6) is 1.96. The summed E-state index contributed by atoms with van der Waals surface area (Å²) in [7, 11) is 4.79. The van der Waals surface area contributed by atoms with Gasteiger partial charge < -0.3 is 23.7 Å². The van der Waals surface area contributed by atoms with Crippen LogP contribution in [0.25, 0.3) is 12.2 Å². The molecule has 0 atom stereocenters. The second kappa shape index (κ2) is 7.72. The number of aromatic nitrogens is 1. The topological polar surface area (TPSA) is 59.0 Å². The molecule has 0 unspecified atom stereocenters. The summed E-state index contributed by atoms with van der Waals surface area (Å²) in [6.45, 7) is 8.30. The molecule has 6 heteroatoms. The Morgan fingerprint density at radius 2 is 1.64 bits per heavy atom. The van der Waals surface area contributed by atoms with Crippen molar-refractivity contribution in [2.24, 2.45) is 0 Å². The number of fused-ring (bicyclic) bond motifs is 1. The Bertz CT molecular complexity index is 893. The second-order valence-electron chi connectivity index (χ2n) is 7.10. The van der Waals surface area contributed by atoms with Crippen LogP contribution in [0.2, 0.25) is 0 Å². The van der Waals surface area contributed by atoms with E-state index in [0.29, 0.717) is 23.9 Å². The molecule has 1 aromatic heterocycles. The van der Waals surface area contributed by atoms with Crippen molar-refractivity contribution in [3.05, 3.63) is 40.2 Å². The van der Waals surface area contributed by atoms with E-state index in [0.717, 1.165) is 33.8 Å². The lowest BCUT2D eigenvalue weighted by Gasteiger charge is -2.34. The van der Waals surface area contributed by atoms with Crippen LogP contribution in [-0.2, 0) is 11.3 Å². The Morgan fingerprint density at radius 3 is 2.21 bits per heavy atom. The van der Waals surface area contributed by atoms with Crippen molar-refractivity contribution in [2.45, 2.75) is 40.1 Å². The number of pyridine rings is 1. The van der Waals surface area contributed by atoms with E-state index >= 15 is 0 Å². The highest BCUT2D eigenvalue weighted by atomic mass is 16.7. The van der Waals surface area contributed by atoms with Gasteiger partial charge in [0.15, 0.2) is 11.5 Å². The molecule has 150 valence electrons. The van der Waals surface area contributed by atoms with Gasteiger partial charge in [0.2, 0.25) is 11.5 Å². The monoisotopic (exact) mass is 385 g/mol. The summed E-state index contributed by atoms with van der Waals surface area (Å²) in [4.78, 5) is 4.73. The minimum Gasteiger partial charge on any atom is -0.493 e. The third kappa shape index (κ3) is 3.78. The highest BCUT2D eigenvalue weighted by Crippen LogP contribution is 2.39. The van der Waals surface area contributed by atoms with Crippen LogP contribution in [-0.4, -0.2) is 32.1 Å². The lowest BCUT2D eigenvalue weighted by molar-refractivity contribution is -0.180. The van der Waals surface area contributed by atoms with Gasteiger partial charge in [-0.2, -0.15) is 0 Å². The Balaban J connectivity index is 1.99. The van der Waals surface area contributed by atoms with E-state index in [-0.39, 0.29) is 0 Å². The average Bonchev–Trinajstić information content (AvgIpc) is 2.67. The van der Waals surface area contributed by atoms with Crippen molar-refractivity contribution in [3.8, 4) is 23.0 Å². The van der Waals surface area contributed by atoms with Gasteiger partial charge in [0.1, 0.15) is 5.75 Å². The number of nitrogens with zero attached hydrogens (tertiary/aromatic N) is 1. The zero-order valence-corrected chi connectivity index (χ0v) is 17.5. The van der Waals surface area contributed by atoms with E-state index in [2.05, 4.69) is 0 Å². The third-order valence-corrected chi connectivity index (χ3v) is 4.76. The number of methoxy groups -OCH3 is 3. The van der Waals surface area contributed by atoms with Crippen LogP contribution < -0.4 is 18.9 Å². The molecule has 1 aromatic carbocycles. The van der Waals surface area contributed by atoms with Gasteiger partial charge in [-0.05, 0) is 43.2 Å². The molecule has 6 nitrogen and oxygen atoms in total. The molecular weight excluding hydrogens is 358 g/mol. The van der Waals surface area contributed by atoms with E-state index in [9.17, 15) is 0 Å². The largest absolute Gasteiger partial charge is 0.493 e. The Kier molecular flexibility index (Phi) is 5.52. The molecule has 3 rings (SSSR count). The summed E-state index contributed by atoms with van der Waals surface area (Å²) < 4.78 is 28.0. The predicted molar refractivity (Wildman–Crippen MR) is 108 cm³/mol. The quantitative estimate of drug-likeness (QED) is 0.753. The second-order valence-corrected chi connectivity index (χ2v) is 7.10. The van der Waals surface area contributed by atoms with E-state index in [1.165, 1.54) is 0 Å². The average molecular weight is 385 g/mol. The molecule has 28 heavy (non-hydrogen) atoms. The lowest BCUT2D eigenvalue weighted by atomic mass is 10.0. The maximum absolute atomic E-state index is 5.98. The molecule has 0 aliphatic carbocycles. The summed E-state index contributed by atoms with van der Waals surface area (Å²) in [6.07, 6.45) is 3.95. The first-order chi connectivity index (χ1) is 13.3. The fourth-order valence-electron chi connectivity index (χ4n) is 3.22. The number of hydrogen-bond donors (Lipinski definition) is 0. The standard InChI is InChI=1S/C22H27NO5/c1-13-16-12-27-22(3,4)28-20(16)14(2)23-17(13)9-8-15-10-18(24-5)21(26-7)19(11-15)25-6/h8-11H,12H2,1-7H3/b9-8+. The normalized spacial score (nSPS) is 15.1. The molecule has 0 bridgehead atoms. The van der Waals surface area contributed by atoms with Crippen LogP contribution in [0.1, 0.15) is 41.9 Å². The van der Waals surface area contributed by atoms with Crippen molar-refractivity contribution in [1.82, 2.24) is 4.98 Å². The molecule has 0 saturated carbocycles. The molecule has 2 aromatic rings. The lowest BCUT2D eigenvalue weighted by Crippen LogP contribution is -2.36. The van der Waals surface area contributed by atoms with E-state index in [1.807, 2.05) is 52.0 Å². The highest BCUT2D eigenvalue weighted by Gasteiger charge is 2.30. The minimum absolute atomic E-state index is 0.503. The van der Waals surface area contributed by atoms with Gasteiger partial charge in [-0.15, -0.1) is 0 Å². The van der Waals surface area contributed by atoms with Crippen molar-refractivity contribution in [3.63, 3.8) is 0 Å². The molecule has 0 spiro atoms. The summed E-state index contributed by atoms with van der Waals surface area (Å²) >= 11 is 0. The van der Waals surface area contributed by atoms with Gasteiger partial charge in [0.25, 0.3) is 0 Å². The maximum atomic E-state index is 5.98. The van der Waals surface area contributed by atoms with Crippen molar-refractivity contribution < 1.29 is 23.7 Å². The van der Waals surface area contributed by atoms with Crippen molar-refractivity contribution in [1.29, 1.82) is 0 Å². The van der Waals surface area contributed by atoms with Crippen molar-refractivity contribution >= 4 is 12.2 Å². The number of ether oxygens (including phenoxy) is 5. The molecular formula is C22H27NO5. The minimum atomic E-state index is -0.639. The molecule has 0 N–H and O–H groups in total. The first-order valence-corrected chi connectivity index (χ1v) is 9.10. The molecule has 0 amide bonds. The smallest absolute Gasteiger partial charge is 0.205 e. The van der Waals surface area contributed by atoms with Gasteiger partial charge in [0, 0.05) is 19.4 Å². The number of aryl methyl sites for hydroxylation is 1. The SMILES string of the molecule is COc1cc(/C=C/c2nc(C)c3c(c2C)COC(C)(C)O3)cc(OC)c1OC. The molecule has 2 heterocycles. The van der Waals surface area contributed by atoms with Gasteiger partial charge in [-0.3, -0.25) is 0 Å². The van der Waals surface area contributed by atoms with E-state index in [4.69, 9.17) is 28.7 Å². The summed E-state index contributed by atoms with van der Waals surface area (Å²) in [5.41, 5.74) is 4.72. The van der Waals surface area contributed by atoms with Crippen LogP contribution in [0.4, 0.5) is 0 Å². The molecule has 0 saturated heterocycles. The summed E-state index contributed by atoms with van der Waals surface area (Å²) in [5, 5.41) is 0. The third-order valence-electron chi connectivity index (χ3n) is 4.76. The zero-order valence-electron chi connectivity index (χ0n) is 17.5. The Hall–Kier alpha value is -2.73. The number of rotatable bonds is 5. The van der Waals surface area contributed by atoms with Crippen LogP contribution in [0.15, 0.2) is 12.1 Å². The first-order valence-electron chi connectivity index (χ1n) is 9.10. The van der Waals surface area contributed by atoms with Gasteiger partial charge in [-0.25, -0.2) is 4.98 Å². The van der Waals surface area contributed by atoms with Crippen LogP contribution in [0, 0.1) is 13.8 Å². The molecule has 0 fully saturated rings. The zero-order chi connectivity index (χ0) is 20.5. The van der Waals surface area contributed by atoms with E-state index in [1.54, 1.807) is 21.3 Å². The van der Waals surface area contributed by atoms with Crippen LogP contribution in [0.5, 0.6) is 23.0 Å². The van der Waals surface area contributed by atoms with Crippen LogP contribution >= 0.6 is 0 Å². The molecule has 1 aliphatic rings. The van der Waals surface area contributed by atoms with E-state index < -0.39 is 5.79 Å². The predicted octanol–water partition coefficient (Wildman–Crippen LogP) is 4.54. The number of hydrogen-bond acceptors (Lipinski definition) is 6. The van der Waals surface area contributed by atoms with Crippen LogP contribution in [0.3, 0.4) is 0 Å². The molecule has 1 aliphatic heterocycles. The Morgan fingerprint density at radius 1 is 1.00 bits per heavy atom. The van der Waals surface area contributed by atoms with Gasteiger partial charge in [0.05, 0.1) is 39.3 Å². The summed E-state index contributed by atoms with van der Waals surface area (Å²) in [6, 6.07) is 3.79. The van der Waals surface area contributed by atoms with Gasteiger partial charge in [-0.1, -0.05) is 6.08 Å².